The van der Waals surface area contributed by atoms with Crippen LogP contribution in [0.2, 0.25) is 23.2 Å². The van der Waals surface area contributed by atoms with E-state index in [1.807, 2.05) is 78.9 Å². The minimum atomic E-state index is -2.40. The van der Waals surface area contributed by atoms with Crippen LogP contribution in [-0.2, 0) is 38.3 Å². The molecular formula is C40H45ClN2O6Si. The lowest BCUT2D eigenvalue weighted by Crippen LogP contribution is -2.47. The molecule has 2 atom stereocenters. The predicted octanol–water partition coefficient (Wildman–Crippen LogP) is 9.81. The number of halogens is 1. The molecule has 8 nitrogen and oxygen atoms in total. The van der Waals surface area contributed by atoms with Gasteiger partial charge in [0, 0.05) is 17.1 Å². The van der Waals surface area contributed by atoms with Gasteiger partial charge >= 0.3 is 12.2 Å². The van der Waals surface area contributed by atoms with E-state index in [1.54, 1.807) is 36.4 Å². The minimum absolute atomic E-state index is 0.0859. The number of ketones is 1. The van der Waals surface area contributed by atoms with Gasteiger partial charge in [0.05, 0.1) is 12.1 Å². The number of carbonyl (C=O) groups excluding carboxylic acids is 3. The Balaban J connectivity index is 1.49. The van der Waals surface area contributed by atoms with Crippen LogP contribution in [-0.4, -0.2) is 32.3 Å². The van der Waals surface area contributed by atoms with E-state index in [0.717, 1.165) is 22.3 Å². The highest BCUT2D eigenvalue weighted by Crippen LogP contribution is 2.41. The second-order valence-electron chi connectivity index (χ2n) is 13.5. The number of amides is 2. The van der Waals surface area contributed by atoms with Crippen LogP contribution in [0, 0.1) is 0 Å². The van der Waals surface area contributed by atoms with E-state index in [0.29, 0.717) is 10.7 Å². The molecule has 4 aromatic carbocycles. The maximum atomic E-state index is 13.3. The van der Waals surface area contributed by atoms with Crippen molar-refractivity contribution in [3.05, 3.63) is 149 Å². The van der Waals surface area contributed by atoms with Gasteiger partial charge in [0.25, 0.3) is 0 Å². The number of rotatable bonds is 14. The summed E-state index contributed by atoms with van der Waals surface area (Å²) in [5.41, 5.74) is 3.78. The SMILES string of the molecule is CC(C)(C)[Si](C)(C)O[C@H](c1cccc(Cl)c1)[C@@H](/C=C/C(=O)Cc1ccc(NC(=O)OCc2ccccc2)cc1)NC(=O)OCc1ccccc1. The van der Waals surface area contributed by atoms with Gasteiger partial charge in [-0.1, -0.05) is 123 Å². The average molecular weight is 713 g/mol. The smallest absolute Gasteiger partial charge is 0.411 e. The van der Waals surface area contributed by atoms with Crippen molar-refractivity contribution in [2.75, 3.05) is 5.32 Å². The zero-order chi connectivity index (χ0) is 36.1. The van der Waals surface area contributed by atoms with E-state index in [4.69, 9.17) is 25.5 Å². The van der Waals surface area contributed by atoms with E-state index in [-0.39, 0.29) is 30.5 Å². The van der Waals surface area contributed by atoms with Gasteiger partial charge in [-0.15, -0.1) is 0 Å². The number of alkyl carbamates (subject to hydrolysis) is 1. The summed E-state index contributed by atoms with van der Waals surface area (Å²) in [7, 11) is -2.40. The molecule has 2 N–H and O–H groups in total. The molecule has 0 fully saturated rings. The van der Waals surface area contributed by atoms with Crippen molar-refractivity contribution in [3.8, 4) is 0 Å². The molecule has 50 heavy (non-hydrogen) atoms. The second-order valence-corrected chi connectivity index (χ2v) is 18.7. The van der Waals surface area contributed by atoms with Crippen molar-refractivity contribution in [3.63, 3.8) is 0 Å². The normalized spacial score (nSPS) is 12.9. The summed E-state index contributed by atoms with van der Waals surface area (Å²) in [6, 6.07) is 32.3. The van der Waals surface area contributed by atoms with Gasteiger partial charge in [-0.25, -0.2) is 9.59 Å². The first-order valence-electron chi connectivity index (χ1n) is 16.5. The minimum Gasteiger partial charge on any atom is -0.445 e. The molecule has 4 rings (SSSR count). The number of hydrogen-bond acceptors (Lipinski definition) is 6. The molecule has 0 saturated heterocycles. The van der Waals surface area contributed by atoms with Crippen molar-refractivity contribution < 1.29 is 28.3 Å². The summed E-state index contributed by atoms with van der Waals surface area (Å²) >= 11 is 6.42. The number of anilines is 1. The molecule has 0 aromatic heterocycles. The Bertz CT molecular complexity index is 1740. The van der Waals surface area contributed by atoms with Crippen LogP contribution in [0.4, 0.5) is 15.3 Å². The fraction of sp³-hybridized carbons (Fsp3) is 0.275. The molecule has 0 aliphatic rings. The van der Waals surface area contributed by atoms with Crippen LogP contribution in [0.5, 0.6) is 0 Å². The maximum absolute atomic E-state index is 13.3. The molecule has 0 aliphatic carbocycles. The van der Waals surface area contributed by atoms with Crippen molar-refractivity contribution in [2.24, 2.45) is 0 Å². The van der Waals surface area contributed by atoms with Crippen molar-refractivity contribution in [2.45, 2.75) is 70.7 Å². The van der Waals surface area contributed by atoms with Gasteiger partial charge in [-0.2, -0.15) is 0 Å². The van der Waals surface area contributed by atoms with Gasteiger partial charge in [0.1, 0.15) is 13.2 Å². The topological polar surface area (TPSA) is 103 Å². The molecule has 0 saturated carbocycles. The van der Waals surface area contributed by atoms with Crippen LogP contribution >= 0.6 is 11.6 Å². The molecule has 10 heteroatoms. The molecule has 0 heterocycles. The maximum Gasteiger partial charge on any atom is 0.411 e. The van der Waals surface area contributed by atoms with Gasteiger partial charge in [0.2, 0.25) is 0 Å². The van der Waals surface area contributed by atoms with Crippen molar-refractivity contribution >= 4 is 43.6 Å². The van der Waals surface area contributed by atoms with E-state index in [2.05, 4.69) is 44.5 Å². The number of hydrogen-bond donors (Lipinski definition) is 2. The summed E-state index contributed by atoms with van der Waals surface area (Å²) in [5, 5.41) is 6.04. The highest BCUT2D eigenvalue weighted by Gasteiger charge is 2.41. The standard InChI is InChI=1S/C40H45ClN2O6Si/c1-40(2,3)50(4,5)49-37(32-17-12-18-33(41)26-32)36(43-39(46)48-28-31-15-10-7-11-16-31)24-23-35(44)25-29-19-21-34(22-20-29)42-38(45)47-27-30-13-8-6-9-14-30/h6-24,26,36-37H,25,27-28H2,1-5H3,(H,42,45)(H,43,46)/b24-23+/t36-,37-/m1/s1. The number of ether oxygens (including phenoxy) is 2. The highest BCUT2D eigenvalue weighted by molar-refractivity contribution is 6.74. The predicted molar refractivity (Wildman–Crippen MR) is 201 cm³/mol. The molecule has 2 amide bonds. The molecule has 4 aromatic rings. The summed E-state index contributed by atoms with van der Waals surface area (Å²) in [6.45, 7) is 10.9. The van der Waals surface area contributed by atoms with Gasteiger partial charge in [-0.05, 0) is 70.7 Å². The largest absolute Gasteiger partial charge is 0.445 e. The summed E-state index contributed by atoms with van der Waals surface area (Å²) in [6.07, 6.45) is 1.34. The first-order chi connectivity index (χ1) is 23.8. The third kappa shape index (κ3) is 12.0. The van der Waals surface area contributed by atoms with Crippen LogP contribution in [0.15, 0.2) is 121 Å². The lowest BCUT2D eigenvalue weighted by atomic mass is 10.0. The Hall–Kier alpha value is -4.70. The van der Waals surface area contributed by atoms with E-state index >= 15 is 0 Å². The van der Waals surface area contributed by atoms with Crippen molar-refractivity contribution in [1.29, 1.82) is 0 Å². The van der Waals surface area contributed by atoms with E-state index < -0.39 is 32.6 Å². The third-order valence-corrected chi connectivity index (χ3v) is 13.2. The van der Waals surface area contributed by atoms with E-state index in [9.17, 15) is 14.4 Å². The first kappa shape index (κ1) is 38.1. The molecule has 0 bridgehead atoms. The van der Waals surface area contributed by atoms with Crippen LogP contribution in [0.3, 0.4) is 0 Å². The average Bonchev–Trinajstić information content (AvgIpc) is 3.08. The molecule has 0 unspecified atom stereocenters. The van der Waals surface area contributed by atoms with Crippen LogP contribution in [0.25, 0.3) is 0 Å². The molecule has 0 aliphatic heterocycles. The molecule has 0 radical (unpaired) electrons. The number of benzene rings is 4. The molecule has 0 spiro atoms. The van der Waals surface area contributed by atoms with Gasteiger partial charge < -0.3 is 19.2 Å². The Morgan fingerprint density at radius 3 is 1.90 bits per heavy atom. The van der Waals surface area contributed by atoms with E-state index in [1.165, 1.54) is 6.08 Å². The summed E-state index contributed by atoms with van der Waals surface area (Å²) in [4.78, 5) is 38.7. The summed E-state index contributed by atoms with van der Waals surface area (Å²) < 4.78 is 17.8. The Morgan fingerprint density at radius 2 is 1.34 bits per heavy atom. The van der Waals surface area contributed by atoms with Crippen molar-refractivity contribution in [1.82, 2.24) is 5.32 Å². The number of nitrogens with one attached hydrogen (secondary N) is 2. The zero-order valence-electron chi connectivity index (χ0n) is 29.2. The van der Waals surface area contributed by atoms with Gasteiger partial charge in [0.15, 0.2) is 14.1 Å². The fourth-order valence-corrected chi connectivity index (χ4v) is 6.18. The Kier molecular flexibility index (Phi) is 13.6. The molecule has 262 valence electrons. The van der Waals surface area contributed by atoms with Gasteiger partial charge in [-0.3, -0.25) is 10.1 Å². The lowest BCUT2D eigenvalue weighted by Gasteiger charge is -2.41. The lowest BCUT2D eigenvalue weighted by molar-refractivity contribution is -0.114. The van der Waals surface area contributed by atoms with Crippen LogP contribution < -0.4 is 10.6 Å². The third-order valence-electron chi connectivity index (χ3n) is 8.51. The zero-order valence-corrected chi connectivity index (χ0v) is 30.9. The Labute approximate surface area is 300 Å². The van der Waals surface area contributed by atoms with Crippen LogP contribution in [0.1, 0.15) is 49.1 Å². The second kappa shape index (κ2) is 17.8. The number of carbonyl (C=O) groups is 3. The highest BCUT2D eigenvalue weighted by atomic mass is 35.5. The monoisotopic (exact) mass is 712 g/mol. The quantitative estimate of drug-likeness (QED) is 0.0997. The first-order valence-corrected chi connectivity index (χ1v) is 19.8. The Morgan fingerprint density at radius 1 is 0.760 bits per heavy atom. The molecular weight excluding hydrogens is 668 g/mol. The fourth-order valence-electron chi connectivity index (χ4n) is 4.71. The number of allylic oxidation sites excluding steroid dienone is 1. The summed E-state index contributed by atoms with van der Waals surface area (Å²) in [5.74, 6) is -0.186.